The summed E-state index contributed by atoms with van der Waals surface area (Å²) in [5, 5.41) is 4.14. The summed E-state index contributed by atoms with van der Waals surface area (Å²) in [6.07, 6.45) is 3.68. The first-order valence-corrected chi connectivity index (χ1v) is 4.57. The molecule has 4 nitrogen and oxygen atoms in total. The van der Waals surface area contributed by atoms with Gasteiger partial charge in [0.05, 0.1) is 5.82 Å². The van der Waals surface area contributed by atoms with Gasteiger partial charge in [0.1, 0.15) is 0 Å². The summed E-state index contributed by atoms with van der Waals surface area (Å²) in [5.41, 5.74) is 1.05. The van der Waals surface area contributed by atoms with Crippen LogP contribution in [0.5, 0.6) is 0 Å². The second kappa shape index (κ2) is 5.14. The van der Waals surface area contributed by atoms with Gasteiger partial charge in [-0.25, -0.2) is 5.10 Å². The molecule has 0 aromatic carbocycles. The Morgan fingerprint density at radius 1 is 1.40 bits per heavy atom. The van der Waals surface area contributed by atoms with E-state index in [9.17, 15) is 0 Å². The van der Waals surface area contributed by atoms with Crippen molar-refractivity contribution in [3.63, 3.8) is 0 Å². The van der Waals surface area contributed by atoms with Gasteiger partial charge >= 0.3 is 0 Å². The van der Waals surface area contributed by atoms with Gasteiger partial charge in [-0.15, -0.1) is 0 Å². The Kier molecular flexibility index (Phi) is 4.12. The van der Waals surface area contributed by atoms with Gasteiger partial charge in [0.15, 0.2) is 0 Å². The first-order valence-electron chi connectivity index (χ1n) is 4.57. The number of hydrogen-bond donors (Lipinski definition) is 0. The van der Waals surface area contributed by atoms with Crippen molar-refractivity contribution in [2.75, 3.05) is 0 Å². The average molecular weight is 379 g/mol. The number of hydrogen-bond acceptors (Lipinski definition) is 3. The van der Waals surface area contributed by atoms with Crippen LogP contribution >= 0.6 is 0 Å². The largest absolute Gasteiger partial charge is 0.350 e. The standard InChI is InChI=1S/C10H11N4.Ir/c1-3-9-5-4-6-10(12-9)14-7-11-8(2)13-14;/h4-6H,3H2,1-2H3;/q-1;. The number of pyridine rings is 1. The fourth-order valence-corrected chi connectivity index (χ4v) is 1.19. The molecule has 0 bridgehead atoms. The van der Waals surface area contributed by atoms with E-state index in [1.165, 1.54) is 0 Å². The molecule has 2 aromatic heterocycles. The third-order valence-electron chi connectivity index (χ3n) is 1.92. The van der Waals surface area contributed by atoms with E-state index < -0.39 is 0 Å². The van der Waals surface area contributed by atoms with Gasteiger partial charge in [0, 0.05) is 38.0 Å². The summed E-state index contributed by atoms with van der Waals surface area (Å²) in [4.78, 5) is 8.34. The Morgan fingerprint density at radius 2 is 2.20 bits per heavy atom. The van der Waals surface area contributed by atoms with E-state index in [-0.39, 0.29) is 20.1 Å². The number of nitrogens with zero attached hydrogens (tertiary/aromatic N) is 4. The van der Waals surface area contributed by atoms with Crippen molar-refractivity contribution in [3.8, 4) is 5.82 Å². The molecular weight excluding hydrogens is 368 g/mol. The number of aromatic nitrogens is 4. The van der Waals surface area contributed by atoms with Gasteiger partial charge in [-0.05, 0) is 19.4 Å². The predicted octanol–water partition coefficient (Wildman–Crippen LogP) is 1.33. The molecule has 0 aliphatic heterocycles. The quantitative estimate of drug-likeness (QED) is 0.740. The molecule has 2 heterocycles. The molecule has 0 N–H and O–H groups in total. The minimum atomic E-state index is 0. The van der Waals surface area contributed by atoms with Crippen molar-refractivity contribution in [2.45, 2.75) is 20.3 Å². The van der Waals surface area contributed by atoms with Gasteiger partial charge in [0.25, 0.3) is 0 Å². The Hall–Kier alpha value is -1.06. The molecule has 0 amide bonds. The van der Waals surface area contributed by atoms with E-state index in [1.807, 2.05) is 25.1 Å². The SMILES string of the molecule is CCc1cccc(-n2[c-]nc(C)n2)n1.[Ir]. The van der Waals surface area contributed by atoms with E-state index in [0.717, 1.165) is 17.9 Å². The molecule has 0 aliphatic carbocycles. The van der Waals surface area contributed by atoms with Crippen LogP contribution in [-0.4, -0.2) is 19.7 Å². The predicted molar refractivity (Wildman–Crippen MR) is 52.1 cm³/mol. The number of aryl methyl sites for hydroxylation is 2. The second-order valence-electron chi connectivity index (χ2n) is 3.01. The summed E-state index contributed by atoms with van der Waals surface area (Å²) in [6, 6.07) is 5.85. The molecule has 0 saturated carbocycles. The molecule has 1 radical (unpaired) electrons. The Morgan fingerprint density at radius 3 is 2.80 bits per heavy atom. The van der Waals surface area contributed by atoms with E-state index >= 15 is 0 Å². The first-order chi connectivity index (χ1) is 6.79. The van der Waals surface area contributed by atoms with E-state index in [0.29, 0.717) is 5.82 Å². The summed E-state index contributed by atoms with van der Waals surface area (Å²) in [7, 11) is 0. The van der Waals surface area contributed by atoms with Gasteiger partial charge in [-0.1, -0.05) is 19.1 Å². The maximum Gasteiger partial charge on any atom is 0.0538 e. The van der Waals surface area contributed by atoms with Crippen LogP contribution in [0.2, 0.25) is 0 Å². The molecule has 5 heteroatoms. The topological polar surface area (TPSA) is 43.6 Å². The minimum absolute atomic E-state index is 0. The molecule has 0 saturated heterocycles. The van der Waals surface area contributed by atoms with Crippen LogP contribution in [0.3, 0.4) is 0 Å². The van der Waals surface area contributed by atoms with Crippen molar-refractivity contribution < 1.29 is 20.1 Å². The van der Waals surface area contributed by atoms with Gasteiger partial charge in [-0.3, -0.25) is 4.98 Å². The fourth-order valence-electron chi connectivity index (χ4n) is 1.19. The van der Waals surface area contributed by atoms with Gasteiger partial charge in [-0.2, -0.15) is 0 Å². The van der Waals surface area contributed by atoms with Crippen molar-refractivity contribution >= 4 is 0 Å². The number of rotatable bonds is 2. The second-order valence-corrected chi connectivity index (χ2v) is 3.01. The maximum atomic E-state index is 4.40. The third kappa shape index (κ3) is 2.70. The fraction of sp³-hybridized carbons (Fsp3) is 0.300. The Labute approximate surface area is 102 Å². The molecule has 0 fully saturated rings. The zero-order valence-electron chi connectivity index (χ0n) is 8.56. The normalized spacial score (nSPS) is 9.73. The molecule has 2 aromatic rings. The van der Waals surface area contributed by atoms with E-state index in [4.69, 9.17) is 0 Å². The summed E-state index contributed by atoms with van der Waals surface area (Å²) < 4.78 is 1.56. The molecule has 81 valence electrons. The summed E-state index contributed by atoms with van der Waals surface area (Å²) in [6.45, 7) is 3.90. The van der Waals surface area contributed by atoms with Crippen molar-refractivity contribution in [2.24, 2.45) is 0 Å². The maximum absolute atomic E-state index is 4.40. The molecule has 2 rings (SSSR count). The zero-order valence-corrected chi connectivity index (χ0v) is 11.0. The third-order valence-corrected chi connectivity index (χ3v) is 1.92. The summed E-state index contributed by atoms with van der Waals surface area (Å²) in [5.74, 6) is 1.47. The van der Waals surface area contributed by atoms with Crippen LogP contribution in [-0.2, 0) is 26.5 Å². The Bertz CT molecular complexity index is 438. The van der Waals surface area contributed by atoms with Crippen LogP contribution < -0.4 is 0 Å². The minimum Gasteiger partial charge on any atom is -0.350 e. The molecule has 15 heavy (non-hydrogen) atoms. The smallest absolute Gasteiger partial charge is 0.0538 e. The molecule has 0 spiro atoms. The molecule has 0 atom stereocenters. The van der Waals surface area contributed by atoms with E-state index in [1.54, 1.807) is 4.68 Å². The average Bonchev–Trinajstić information content (AvgIpc) is 2.65. The van der Waals surface area contributed by atoms with Crippen LogP contribution in [0.4, 0.5) is 0 Å². The van der Waals surface area contributed by atoms with Crippen LogP contribution in [0.15, 0.2) is 18.2 Å². The van der Waals surface area contributed by atoms with Crippen LogP contribution in [0, 0.1) is 13.3 Å². The zero-order chi connectivity index (χ0) is 9.97. The first kappa shape index (κ1) is 12.0. The summed E-state index contributed by atoms with van der Waals surface area (Å²) >= 11 is 0. The van der Waals surface area contributed by atoms with Crippen LogP contribution in [0.25, 0.3) is 5.82 Å². The monoisotopic (exact) mass is 380 g/mol. The molecule has 0 unspecified atom stereocenters. The molecule has 0 aliphatic rings. The molecular formula is C10H11IrN4-. The van der Waals surface area contributed by atoms with Gasteiger partial charge in [0.2, 0.25) is 0 Å². The van der Waals surface area contributed by atoms with Crippen molar-refractivity contribution in [3.05, 3.63) is 36.0 Å². The van der Waals surface area contributed by atoms with Crippen molar-refractivity contribution in [1.82, 2.24) is 19.7 Å². The Balaban J connectivity index is 0.00000112. The van der Waals surface area contributed by atoms with Crippen molar-refractivity contribution in [1.29, 1.82) is 0 Å². The van der Waals surface area contributed by atoms with E-state index in [2.05, 4.69) is 28.3 Å². The van der Waals surface area contributed by atoms with Crippen LogP contribution in [0.1, 0.15) is 18.4 Å². The van der Waals surface area contributed by atoms with Gasteiger partial charge < -0.3 is 9.67 Å².